The molecule has 1 heterocycles. The molecular weight excluding hydrogens is 384 g/mol. The first-order valence-corrected chi connectivity index (χ1v) is 10.7. The van der Waals surface area contributed by atoms with Gasteiger partial charge in [-0.3, -0.25) is 9.59 Å². The Morgan fingerprint density at radius 1 is 1.14 bits per heavy atom. The molecule has 0 aliphatic heterocycles. The first-order chi connectivity index (χ1) is 14.0. The third-order valence-electron chi connectivity index (χ3n) is 4.63. The predicted octanol–water partition coefficient (Wildman–Crippen LogP) is 4.33. The van der Waals surface area contributed by atoms with Crippen molar-refractivity contribution < 1.29 is 14.3 Å². The van der Waals surface area contributed by atoms with E-state index in [4.69, 9.17) is 4.74 Å². The molecule has 1 aromatic heterocycles. The van der Waals surface area contributed by atoms with Crippen molar-refractivity contribution in [3.8, 4) is 0 Å². The Hall–Kier alpha value is -2.73. The predicted molar refractivity (Wildman–Crippen MR) is 116 cm³/mol. The van der Waals surface area contributed by atoms with E-state index in [1.807, 2.05) is 38.1 Å². The molecular formula is C23H26N2O3S. The summed E-state index contributed by atoms with van der Waals surface area (Å²) >= 11 is 1.45. The molecule has 3 rings (SSSR count). The van der Waals surface area contributed by atoms with Crippen LogP contribution in [0.15, 0.2) is 47.5 Å². The number of benzene rings is 2. The number of hydrogen-bond acceptors (Lipinski definition) is 4. The second kappa shape index (κ2) is 9.65. The van der Waals surface area contributed by atoms with Crippen molar-refractivity contribution in [2.24, 2.45) is 4.99 Å². The van der Waals surface area contributed by atoms with Crippen molar-refractivity contribution in [1.82, 2.24) is 4.57 Å². The van der Waals surface area contributed by atoms with Gasteiger partial charge in [0.15, 0.2) is 4.80 Å². The average molecular weight is 411 g/mol. The number of ether oxygens (including phenoxy) is 1. The van der Waals surface area contributed by atoms with Crippen LogP contribution in [0.4, 0.5) is 0 Å². The van der Waals surface area contributed by atoms with Crippen molar-refractivity contribution in [1.29, 1.82) is 0 Å². The van der Waals surface area contributed by atoms with Gasteiger partial charge in [0.2, 0.25) is 5.91 Å². The molecule has 0 N–H and O–H groups in total. The van der Waals surface area contributed by atoms with Gasteiger partial charge in [-0.2, -0.15) is 4.99 Å². The van der Waals surface area contributed by atoms with Crippen LogP contribution in [0, 0.1) is 13.8 Å². The van der Waals surface area contributed by atoms with E-state index in [0.717, 1.165) is 34.2 Å². The summed E-state index contributed by atoms with van der Waals surface area (Å²) in [6.07, 6.45) is 1.96. The van der Waals surface area contributed by atoms with Crippen LogP contribution in [0.2, 0.25) is 0 Å². The summed E-state index contributed by atoms with van der Waals surface area (Å²) in [4.78, 5) is 29.5. The van der Waals surface area contributed by atoms with Crippen molar-refractivity contribution in [2.45, 2.75) is 46.6 Å². The standard InChI is InChI=1S/C23H26N2O3S/c1-4-28-21(27)15-25-19-14-16(2)13-17(3)22(19)29-23(25)24-20(26)12-8-11-18-9-6-5-7-10-18/h5-7,9-10,13-14H,4,8,11-12,15H2,1-3H3. The molecule has 0 aliphatic rings. The zero-order chi connectivity index (χ0) is 20.8. The Bertz CT molecular complexity index is 1080. The number of thiazole rings is 1. The number of carbonyl (C=O) groups is 2. The summed E-state index contributed by atoms with van der Waals surface area (Å²) in [7, 11) is 0. The number of aromatic nitrogens is 1. The van der Waals surface area contributed by atoms with Gasteiger partial charge in [0.05, 0.1) is 16.8 Å². The van der Waals surface area contributed by atoms with Gasteiger partial charge in [0.1, 0.15) is 6.54 Å². The number of rotatable bonds is 7. The maximum atomic E-state index is 12.5. The molecule has 3 aromatic rings. The van der Waals surface area contributed by atoms with Crippen molar-refractivity contribution in [2.75, 3.05) is 6.61 Å². The molecule has 0 atom stereocenters. The monoisotopic (exact) mass is 410 g/mol. The number of esters is 1. The van der Waals surface area contributed by atoms with Gasteiger partial charge in [-0.25, -0.2) is 0 Å². The third-order valence-corrected chi connectivity index (χ3v) is 5.86. The van der Waals surface area contributed by atoms with E-state index in [2.05, 4.69) is 23.2 Å². The number of nitrogens with zero attached hydrogens (tertiary/aromatic N) is 2. The molecule has 0 saturated heterocycles. The molecule has 5 nitrogen and oxygen atoms in total. The minimum atomic E-state index is -0.329. The topological polar surface area (TPSA) is 60.7 Å². The highest BCUT2D eigenvalue weighted by atomic mass is 32.1. The van der Waals surface area contributed by atoms with Crippen molar-refractivity contribution in [3.05, 3.63) is 64.0 Å². The van der Waals surface area contributed by atoms with E-state index in [9.17, 15) is 9.59 Å². The van der Waals surface area contributed by atoms with E-state index < -0.39 is 0 Å². The molecule has 1 amide bonds. The molecule has 6 heteroatoms. The van der Waals surface area contributed by atoms with Crippen LogP contribution in [-0.4, -0.2) is 23.1 Å². The quantitative estimate of drug-likeness (QED) is 0.545. The molecule has 0 bridgehead atoms. The van der Waals surface area contributed by atoms with Gasteiger partial charge < -0.3 is 9.30 Å². The van der Waals surface area contributed by atoms with Gasteiger partial charge >= 0.3 is 5.97 Å². The van der Waals surface area contributed by atoms with Crippen LogP contribution in [0.5, 0.6) is 0 Å². The zero-order valence-corrected chi connectivity index (χ0v) is 17.9. The Balaban J connectivity index is 1.86. The van der Waals surface area contributed by atoms with Crippen LogP contribution in [0.25, 0.3) is 10.2 Å². The summed E-state index contributed by atoms with van der Waals surface area (Å²) in [6.45, 7) is 6.21. The lowest BCUT2D eigenvalue weighted by Gasteiger charge is -2.06. The normalized spacial score (nSPS) is 11.8. The van der Waals surface area contributed by atoms with E-state index in [1.165, 1.54) is 16.9 Å². The summed E-state index contributed by atoms with van der Waals surface area (Å²) in [5, 5.41) is 0. The number of amides is 1. The van der Waals surface area contributed by atoms with E-state index in [-0.39, 0.29) is 18.4 Å². The second-order valence-corrected chi connectivity index (χ2v) is 8.03. The molecule has 0 aliphatic carbocycles. The number of aryl methyl sites for hydroxylation is 3. The smallest absolute Gasteiger partial charge is 0.326 e. The zero-order valence-electron chi connectivity index (χ0n) is 17.1. The minimum absolute atomic E-state index is 0.0485. The fourth-order valence-corrected chi connectivity index (χ4v) is 4.43. The maximum Gasteiger partial charge on any atom is 0.326 e. The van der Waals surface area contributed by atoms with Crippen LogP contribution in [0.1, 0.15) is 36.5 Å². The van der Waals surface area contributed by atoms with Gasteiger partial charge in [-0.1, -0.05) is 47.7 Å². The first kappa shape index (κ1) is 21.0. The van der Waals surface area contributed by atoms with E-state index in [0.29, 0.717) is 17.8 Å². The second-order valence-electron chi connectivity index (χ2n) is 7.05. The average Bonchev–Trinajstić information content (AvgIpc) is 3.00. The molecule has 2 aromatic carbocycles. The van der Waals surface area contributed by atoms with Crippen LogP contribution in [-0.2, 0) is 27.3 Å². The van der Waals surface area contributed by atoms with Gasteiger partial charge in [0.25, 0.3) is 0 Å². The van der Waals surface area contributed by atoms with E-state index in [1.54, 1.807) is 11.5 Å². The summed E-state index contributed by atoms with van der Waals surface area (Å²) in [5.74, 6) is -0.496. The van der Waals surface area contributed by atoms with Crippen LogP contribution in [0.3, 0.4) is 0 Å². The van der Waals surface area contributed by atoms with Crippen LogP contribution < -0.4 is 4.80 Å². The summed E-state index contributed by atoms with van der Waals surface area (Å²) in [5.41, 5.74) is 4.34. The molecule has 152 valence electrons. The van der Waals surface area contributed by atoms with Gasteiger partial charge in [0, 0.05) is 6.42 Å². The van der Waals surface area contributed by atoms with E-state index >= 15 is 0 Å². The molecule has 0 unspecified atom stereocenters. The lowest BCUT2D eigenvalue weighted by Crippen LogP contribution is -2.23. The number of fused-ring (bicyclic) bond motifs is 1. The highest BCUT2D eigenvalue weighted by Gasteiger charge is 2.14. The molecule has 29 heavy (non-hydrogen) atoms. The molecule has 0 spiro atoms. The van der Waals surface area contributed by atoms with Gasteiger partial charge in [-0.05, 0) is 56.4 Å². The maximum absolute atomic E-state index is 12.5. The first-order valence-electron chi connectivity index (χ1n) is 9.85. The lowest BCUT2D eigenvalue weighted by molar-refractivity contribution is -0.143. The number of carbonyl (C=O) groups excluding carboxylic acids is 2. The molecule has 0 fully saturated rings. The largest absolute Gasteiger partial charge is 0.465 e. The fourth-order valence-electron chi connectivity index (χ4n) is 3.34. The summed E-state index contributed by atoms with van der Waals surface area (Å²) in [6, 6.07) is 14.2. The number of hydrogen-bond donors (Lipinski definition) is 0. The Labute approximate surface area is 174 Å². The highest BCUT2D eigenvalue weighted by Crippen LogP contribution is 2.23. The van der Waals surface area contributed by atoms with Crippen molar-refractivity contribution in [3.63, 3.8) is 0 Å². The van der Waals surface area contributed by atoms with Crippen molar-refractivity contribution >= 4 is 33.4 Å². The van der Waals surface area contributed by atoms with Crippen LogP contribution >= 0.6 is 11.3 Å². The Morgan fingerprint density at radius 3 is 2.62 bits per heavy atom. The third kappa shape index (κ3) is 5.41. The Kier molecular flexibility index (Phi) is 6.99. The SMILES string of the molecule is CCOC(=O)Cn1c(=NC(=O)CCCc2ccccc2)sc2c(C)cc(C)cc21. The fraction of sp³-hybridized carbons (Fsp3) is 0.348. The molecule has 0 saturated carbocycles. The molecule has 0 radical (unpaired) electrons. The van der Waals surface area contributed by atoms with Gasteiger partial charge in [-0.15, -0.1) is 0 Å². The Morgan fingerprint density at radius 2 is 1.90 bits per heavy atom. The lowest BCUT2D eigenvalue weighted by atomic mass is 10.1. The minimum Gasteiger partial charge on any atom is -0.465 e. The summed E-state index contributed by atoms with van der Waals surface area (Å²) < 4.78 is 7.95. The highest BCUT2D eigenvalue weighted by molar-refractivity contribution is 7.16.